The Bertz CT molecular complexity index is 942. The minimum absolute atomic E-state index is 0.475. The molecule has 0 atom stereocenters. The van der Waals surface area contributed by atoms with Gasteiger partial charge in [0.1, 0.15) is 11.5 Å². The SMILES string of the molecule is COc1cccc(NCc2nnc(SCCOc3ccccc3)n2C2CCCCC2)c1. The Kier molecular flexibility index (Phi) is 7.71. The maximum atomic E-state index is 5.84. The predicted octanol–water partition coefficient (Wildman–Crippen LogP) is 5.58. The van der Waals surface area contributed by atoms with Crippen LogP contribution in [0.25, 0.3) is 0 Å². The van der Waals surface area contributed by atoms with Gasteiger partial charge in [-0.1, -0.05) is 55.3 Å². The second kappa shape index (κ2) is 11.1. The zero-order valence-corrected chi connectivity index (χ0v) is 18.8. The summed E-state index contributed by atoms with van der Waals surface area (Å²) in [6.45, 7) is 1.28. The van der Waals surface area contributed by atoms with Gasteiger partial charge in [-0.3, -0.25) is 0 Å². The van der Waals surface area contributed by atoms with Crippen molar-refractivity contribution in [2.75, 3.05) is 24.8 Å². The molecular weight excluding hydrogens is 408 g/mol. The lowest BCUT2D eigenvalue weighted by Crippen LogP contribution is -2.18. The average Bonchev–Trinajstić information content (AvgIpc) is 3.24. The average molecular weight is 439 g/mol. The second-order valence-electron chi connectivity index (χ2n) is 7.66. The number of ether oxygens (including phenoxy) is 2. The summed E-state index contributed by atoms with van der Waals surface area (Å²) in [5, 5.41) is 13.6. The van der Waals surface area contributed by atoms with Gasteiger partial charge < -0.3 is 19.4 Å². The highest BCUT2D eigenvalue weighted by Crippen LogP contribution is 2.33. The molecule has 31 heavy (non-hydrogen) atoms. The Labute approximate surface area is 188 Å². The Morgan fingerprint density at radius 3 is 2.61 bits per heavy atom. The van der Waals surface area contributed by atoms with E-state index < -0.39 is 0 Å². The largest absolute Gasteiger partial charge is 0.497 e. The van der Waals surface area contributed by atoms with Crippen LogP contribution in [0.1, 0.15) is 44.0 Å². The maximum absolute atomic E-state index is 5.84. The van der Waals surface area contributed by atoms with E-state index in [1.165, 1.54) is 32.1 Å². The number of rotatable bonds is 10. The number of hydrogen-bond donors (Lipinski definition) is 1. The fourth-order valence-corrected chi connectivity index (χ4v) is 4.80. The summed E-state index contributed by atoms with van der Waals surface area (Å²) in [6, 6.07) is 18.4. The number of thioether (sulfide) groups is 1. The molecule has 3 aromatic rings. The highest BCUT2D eigenvalue weighted by atomic mass is 32.2. The van der Waals surface area contributed by atoms with Crippen molar-refractivity contribution >= 4 is 17.4 Å². The summed E-state index contributed by atoms with van der Waals surface area (Å²) in [4.78, 5) is 0. The third-order valence-corrected chi connectivity index (χ3v) is 6.43. The topological polar surface area (TPSA) is 61.2 Å². The molecule has 0 amide bonds. The monoisotopic (exact) mass is 438 g/mol. The highest BCUT2D eigenvalue weighted by Gasteiger charge is 2.23. The summed E-state index contributed by atoms with van der Waals surface area (Å²) >= 11 is 1.73. The van der Waals surface area contributed by atoms with Crippen molar-refractivity contribution in [1.29, 1.82) is 0 Å². The molecule has 1 heterocycles. The van der Waals surface area contributed by atoms with Gasteiger partial charge in [-0.05, 0) is 37.1 Å². The van der Waals surface area contributed by atoms with Crippen LogP contribution in [0.4, 0.5) is 5.69 Å². The maximum Gasteiger partial charge on any atom is 0.191 e. The lowest BCUT2D eigenvalue weighted by molar-refractivity contribution is 0.328. The van der Waals surface area contributed by atoms with Crippen molar-refractivity contribution in [2.24, 2.45) is 0 Å². The van der Waals surface area contributed by atoms with Gasteiger partial charge in [0.2, 0.25) is 0 Å². The number of methoxy groups -OCH3 is 1. The van der Waals surface area contributed by atoms with Crippen molar-refractivity contribution in [1.82, 2.24) is 14.8 Å². The summed E-state index contributed by atoms with van der Waals surface area (Å²) in [7, 11) is 1.68. The molecule has 1 fully saturated rings. The first-order valence-electron chi connectivity index (χ1n) is 11.0. The van der Waals surface area contributed by atoms with Gasteiger partial charge in [0, 0.05) is 23.5 Å². The molecule has 0 unspecified atom stereocenters. The van der Waals surface area contributed by atoms with Gasteiger partial charge in [0.25, 0.3) is 0 Å². The second-order valence-corrected chi connectivity index (χ2v) is 8.72. The van der Waals surface area contributed by atoms with Gasteiger partial charge in [-0.2, -0.15) is 0 Å². The lowest BCUT2D eigenvalue weighted by atomic mass is 9.95. The third kappa shape index (κ3) is 5.94. The first-order valence-corrected chi connectivity index (χ1v) is 11.9. The zero-order valence-electron chi connectivity index (χ0n) is 18.0. The minimum Gasteiger partial charge on any atom is -0.497 e. The molecule has 1 saturated carbocycles. The van der Waals surface area contributed by atoms with E-state index in [9.17, 15) is 0 Å². The fourth-order valence-electron chi connectivity index (χ4n) is 3.96. The highest BCUT2D eigenvalue weighted by molar-refractivity contribution is 7.99. The molecule has 1 aromatic heterocycles. The normalized spacial score (nSPS) is 14.4. The van der Waals surface area contributed by atoms with E-state index >= 15 is 0 Å². The first kappa shape index (κ1) is 21.6. The van der Waals surface area contributed by atoms with E-state index in [-0.39, 0.29) is 0 Å². The number of nitrogens with zero attached hydrogens (tertiary/aromatic N) is 3. The number of aromatic nitrogens is 3. The number of benzene rings is 2. The van der Waals surface area contributed by atoms with Crippen LogP contribution >= 0.6 is 11.8 Å². The van der Waals surface area contributed by atoms with Gasteiger partial charge in [0.05, 0.1) is 20.3 Å². The van der Waals surface area contributed by atoms with Gasteiger partial charge in [0.15, 0.2) is 11.0 Å². The molecule has 0 saturated heterocycles. The summed E-state index contributed by atoms with van der Waals surface area (Å²) in [5.74, 6) is 3.57. The minimum atomic E-state index is 0.475. The van der Waals surface area contributed by atoms with Crippen molar-refractivity contribution in [3.05, 3.63) is 60.4 Å². The van der Waals surface area contributed by atoms with E-state index in [4.69, 9.17) is 9.47 Å². The van der Waals surface area contributed by atoms with Crippen LogP contribution in [0.15, 0.2) is 59.8 Å². The van der Waals surface area contributed by atoms with Crippen LogP contribution in [0.3, 0.4) is 0 Å². The molecule has 0 bridgehead atoms. The molecule has 0 spiro atoms. The Morgan fingerprint density at radius 1 is 1.00 bits per heavy atom. The van der Waals surface area contributed by atoms with E-state index in [2.05, 4.69) is 20.1 Å². The summed E-state index contributed by atoms with van der Waals surface area (Å²) in [6.07, 6.45) is 6.25. The molecule has 1 N–H and O–H groups in total. The summed E-state index contributed by atoms with van der Waals surface area (Å²) in [5.41, 5.74) is 1.02. The number of para-hydroxylation sites is 1. The van der Waals surface area contributed by atoms with Crippen LogP contribution in [-0.2, 0) is 6.54 Å². The van der Waals surface area contributed by atoms with E-state index in [0.717, 1.165) is 33.9 Å². The zero-order chi connectivity index (χ0) is 21.3. The van der Waals surface area contributed by atoms with Crippen LogP contribution in [0.5, 0.6) is 11.5 Å². The van der Waals surface area contributed by atoms with Gasteiger partial charge in [-0.15, -0.1) is 10.2 Å². The van der Waals surface area contributed by atoms with Crippen molar-refractivity contribution in [3.8, 4) is 11.5 Å². The van der Waals surface area contributed by atoms with Crippen LogP contribution in [0.2, 0.25) is 0 Å². The number of hydrogen-bond acceptors (Lipinski definition) is 6. The molecule has 1 aliphatic rings. The molecule has 4 rings (SSSR count). The van der Waals surface area contributed by atoms with Crippen LogP contribution in [0, 0.1) is 0 Å². The van der Waals surface area contributed by atoms with Crippen LogP contribution < -0.4 is 14.8 Å². The molecule has 0 radical (unpaired) electrons. The Balaban J connectivity index is 1.41. The molecular formula is C24H30N4O2S. The predicted molar refractivity (Wildman–Crippen MR) is 125 cm³/mol. The van der Waals surface area contributed by atoms with Crippen molar-refractivity contribution in [2.45, 2.75) is 49.8 Å². The number of anilines is 1. The van der Waals surface area contributed by atoms with E-state index in [0.29, 0.717) is 19.2 Å². The van der Waals surface area contributed by atoms with Gasteiger partial charge in [-0.25, -0.2) is 0 Å². The number of nitrogens with one attached hydrogen (secondary N) is 1. The quantitative estimate of drug-likeness (QED) is 0.330. The first-order chi connectivity index (χ1) is 15.3. The molecule has 6 nitrogen and oxygen atoms in total. The fraction of sp³-hybridized carbons (Fsp3) is 0.417. The molecule has 7 heteroatoms. The smallest absolute Gasteiger partial charge is 0.191 e. The van der Waals surface area contributed by atoms with Crippen molar-refractivity contribution in [3.63, 3.8) is 0 Å². The van der Waals surface area contributed by atoms with Crippen molar-refractivity contribution < 1.29 is 9.47 Å². The van der Waals surface area contributed by atoms with E-state index in [1.54, 1.807) is 18.9 Å². The molecule has 2 aromatic carbocycles. The molecule has 0 aliphatic heterocycles. The molecule has 1 aliphatic carbocycles. The Morgan fingerprint density at radius 2 is 1.81 bits per heavy atom. The lowest BCUT2D eigenvalue weighted by Gasteiger charge is -2.25. The standard InChI is InChI=1S/C24H30N4O2S/c1-29-22-14-8-9-19(17-22)25-18-23-26-27-24(28(23)20-10-4-2-5-11-20)31-16-15-30-21-12-6-3-7-13-21/h3,6-9,12-14,17,20,25H,2,4-5,10-11,15-16,18H2,1H3. The third-order valence-electron chi connectivity index (χ3n) is 5.52. The van der Waals surface area contributed by atoms with E-state index in [1.807, 2.05) is 54.6 Å². The molecule has 164 valence electrons. The summed E-state index contributed by atoms with van der Waals surface area (Å²) < 4.78 is 13.5. The Hall–Kier alpha value is -2.67. The van der Waals surface area contributed by atoms with Crippen LogP contribution in [-0.4, -0.2) is 34.2 Å². The van der Waals surface area contributed by atoms with Gasteiger partial charge >= 0.3 is 0 Å².